The van der Waals surface area contributed by atoms with Gasteiger partial charge in [-0.15, -0.1) is 0 Å². The first-order valence-electron chi connectivity index (χ1n) is 6.01. The number of para-hydroxylation sites is 2. The molecular formula is C15H10N2O3. The van der Waals surface area contributed by atoms with Crippen molar-refractivity contribution in [3.05, 3.63) is 70.8 Å². The summed E-state index contributed by atoms with van der Waals surface area (Å²) in [6.07, 6.45) is 0. The van der Waals surface area contributed by atoms with Crippen LogP contribution < -0.4 is 4.74 Å². The fraction of sp³-hybridized carbons (Fsp3) is 0. The number of rotatable bonds is 3. The van der Waals surface area contributed by atoms with Crippen molar-refractivity contribution in [3.8, 4) is 11.6 Å². The fourth-order valence-electron chi connectivity index (χ4n) is 1.93. The minimum absolute atomic E-state index is 0.0268. The lowest BCUT2D eigenvalue weighted by Gasteiger charge is -2.05. The Morgan fingerprint density at radius 3 is 2.50 bits per heavy atom. The van der Waals surface area contributed by atoms with Crippen molar-refractivity contribution in [2.45, 2.75) is 0 Å². The first kappa shape index (κ1) is 12.1. The van der Waals surface area contributed by atoms with E-state index in [1.165, 1.54) is 6.07 Å². The van der Waals surface area contributed by atoms with E-state index in [2.05, 4.69) is 4.98 Å². The number of nitro benzene ring substituents is 1. The first-order chi connectivity index (χ1) is 9.74. The summed E-state index contributed by atoms with van der Waals surface area (Å²) in [5, 5.41) is 11.7. The standard InChI is InChI=1S/C15H10N2O3/c18-17(19)13-8-4-5-11-9-10-14(16-15(11)13)20-12-6-2-1-3-7-12/h1-10H. The monoisotopic (exact) mass is 266 g/mol. The van der Waals surface area contributed by atoms with Crippen LogP contribution >= 0.6 is 0 Å². The van der Waals surface area contributed by atoms with Gasteiger partial charge in [0.15, 0.2) is 5.52 Å². The molecule has 0 radical (unpaired) electrons. The maximum Gasteiger partial charge on any atom is 0.295 e. The topological polar surface area (TPSA) is 65.3 Å². The van der Waals surface area contributed by atoms with Crippen LogP contribution in [0.15, 0.2) is 60.7 Å². The largest absolute Gasteiger partial charge is 0.439 e. The maximum absolute atomic E-state index is 11.0. The van der Waals surface area contributed by atoms with Crippen LogP contribution in [0.2, 0.25) is 0 Å². The second-order valence-electron chi connectivity index (χ2n) is 4.17. The van der Waals surface area contributed by atoms with Crippen LogP contribution in [0.1, 0.15) is 0 Å². The Morgan fingerprint density at radius 2 is 1.75 bits per heavy atom. The molecule has 2 aromatic carbocycles. The molecule has 98 valence electrons. The van der Waals surface area contributed by atoms with Crippen LogP contribution in [0, 0.1) is 10.1 Å². The average molecular weight is 266 g/mol. The minimum atomic E-state index is -0.443. The number of pyridine rings is 1. The Kier molecular flexibility index (Phi) is 3.01. The van der Waals surface area contributed by atoms with Crippen LogP contribution in [0.4, 0.5) is 5.69 Å². The fourth-order valence-corrected chi connectivity index (χ4v) is 1.93. The highest BCUT2D eigenvalue weighted by Gasteiger charge is 2.13. The van der Waals surface area contributed by atoms with Gasteiger partial charge in [-0.3, -0.25) is 10.1 Å². The molecule has 0 aliphatic heterocycles. The van der Waals surface area contributed by atoms with Crippen molar-refractivity contribution in [3.63, 3.8) is 0 Å². The lowest BCUT2D eigenvalue weighted by Crippen LogP contribution is -1.93. The van der Waals surface area contributed by atoms with Gasteiger partial charge in [0.1, 0.15) is 5.75 Å². The predicted octanol–water partition coefficient (Wildman–Crippen LogP) is 3.94. The summed E-state index contributed by atoms with van der Waals surface area (Å²) >= 11 is 0. The van der Waals surface area contributed by atoms with E-state index in [1.54, 1.807) is 36.4 Å². The van der Waals surface area contributed by atoms with Gasteiger partial charge in [-0.05, 0) is 18.2 Å². The van der Waals surface area contributed by atoms with Crippen molar-refractivity contribution in [2.75, 3.05) is 0 Å². The third-order valence-electron chi connectivity index (χ3n) is 2.84. The van der Waals surface area contributed by atoms with E-state index in [1.807, 2.05) is 18.2 Å². The zero-order chi connectivity index (χ0) is 13.9. The van der Waals surface area contributed by atoms with Crippen molar-refractivity contribution in [1.82, 2.24) is 4.98 Å². The summed E-state index contributed by atoms with van der Waals surface area (Å²) < 4.78 is 5.59. The van der Waals surface area contributed by atoms with E-state index in [9.17, 15) is 10.1 Å². The predicted molar refractivity (Wildman–Crippen MR) is 74.9 cm³/mol. The Labute approximate surface area is 114 Å². The molecule has 1 heterocycles. The second-order valence-corrected chi connectivity index (χ2v) is 4.17. The third kappa shape index (κ3) is 2.29. The molecule has 0 N–H and O–H groups in total. The molecule has 3 rings (SSSR count). The van der Waals surface area contributed by atoms with Crippen LogP contribution in [-0.4, -0.2) is 9.91 Å². The molecule has 0 atom stereocenters. The number of nitrogens with zero attached hydrogens (tertiary/aromatic N) is 2. The number of fused-ring (bicyclic) bond motifs is 1. The molecule has 3 aromatic rings. The third-order valence-corrected chi connectivity index (χ3v) is 2.84. The molecule has 0 amide bonds. The Balaban J connectivity index is 2.06. The molecule has 0 unspecified atom stereocenters. The van der Waals surface area contributed by atoms with Crippen LogP contribution in [0.3, 0.4) is 0 Å². The molecule has 20 heavy (non-hydrogen) atoms. The smallest absolute Gasteiger partial charge is 0.295 e. The van der Waals surface area contributed by atoms with E-state index >= 15 is 0 Å². The maximum atomic E-state index is 11.0. The highest BCUT2D eigenvalue weighted by atomic mass is 16.6. The minimum Gasteiger partial charge on any atom is -0.439 e. The number of nitro groups is 1. The van der Waals surface area contributed by atoms with Crippen molar-refractivity contribution in [1.29, 1.82) is 0 Å². The summed E-state index contributed by atoms with van der Waals surface area (Å²) in [5.74, 6) is 0.968. The number of aromatic nitrogens is 1. The van der Waals surface area contributed by atoms with E-state index < -0.39 is 4.92 Å². The molecule has 0 saturated heterocycles. The quantitative estimate of drug-likeness (QED) is 0.532. The molecule has 0 aliphatic rings. The number of ether oxygens (including phenoxy) is 1. The van der Waals surface area contributed by atoms with E-state index in [0.717, 1.165) is 0 Å². The van der Waals surface area contributed by atoms with Crippen molar-refractivity contribution >= 4 is 16.6 Å². The van der Waals surface area contributed by atoms with Crippen molar-refractivity contribution in [2.24, 2.45) is 0 Å². The number of hydrogen-bond donors (Lipinski definition) is 0. The lowest BCUT2D eigenvalue weighted by atomic mass is 10.2. The van der Waals surface area contributed by atoms with Gasteiger partial charge in [0.05, 0.1) is 4.92 Å². The van der Waals surface area contributed by atoms with Crippen molar-refractivity contribution < 1.29 is 9.66 Å². The summed E-state index contributed by atoms with van der Waals surface area (Å²) in [6, 6.07) is 17.5. The van der Waals surface area contributed by atoms with Gasteiger partial charge in [-0.25, -0.2) is 4.98 Å². The second kappa shape index (κ2) is 4.97. The van der Waals surface area contributed by atoms with Gasteiger partial charge in [0.2, 0.25) is 5.88 Å². The molecule has 5 heteroatoms. The number of benzene rings is 2. The van der Waals surface area contributed by atoms with Gasteiger partial charge in [0, 0.05) is 17.5 Å². The first-order valence-corrected chi connectivity index (χ1v) is 6.01. The molecule has 0 fully saturated rings. The zero-order valence-corrected chi connectivity index (χ0v) is 10.4. The summed E-state index contributed by atoms with van der Waals surface area (Å²) in [7, 11) is 0. The Morgan fingerprint density at radius 1 is 0.950 bits per heavy atom. The molecular weight excluding hydrogens is 256 g/mol. The van der Waals surface area contributed by atoms with Gasteiger partial charge in [-0.2, -0.15) is 0 Å². The lowest BCUT2D eigenvalue weighted by molar-refractivity contribution is -0.383. The Bertz CT molecular complexity index is 772. The van der Waals surface area contributed by atoms with Gasteiger partial charge in [-0.1, -0.05) is 30.3 Å². The molecule has 0 spiro atoms. The number of non-ortho nitro benzene ring substituents is 1. The molecule has 0 bridgehead atoms. The van der Waals surface area contributed by atoms with E-state index in [4.69, 9.17) is 4.74 Å². The number of hydrogen-bond acceptors (Lipinski definition) is 4. The van der Waals surface area contributed by atoms with E-state index in [0.29, 0.717) is 22.5 Å². The van der Waals surface area contributed by atoms with Gasteiger partial charge >= 0.3 is 0 Å². The average Bonchev–Trinajstić information content (AvgIpc) is 2.47. The van der Waals surface area contributed by atoms with Crippen LogP contribution in [-0.2, 0) is 0 Å². The molecule has 0 saturated carbocycles. The highest BCUT2D eigenvalue weighted by molar-refractivity contribution is 5.87. The summed E-state index contributed by atoms with van der Waals surface area (Å²) in [5.41, 5.74) is 0.298. The molecule has 5 nitrogen and oxygen atoms in total. The van der Waals surface area contributed by atoms with Gasteiger partial charge in [0.25, 0.3) is 5.69 Å². The molecule has 0 aliphatic carbocycles. The highest BCUT2D eigenvalue weighted by Crippen LogP contribution is 2.27. The summed E-state index contributed by atoms with van der Waals surface area (Å²) in [6.45, 7) is 0. The Hall–Kier alpha value is -2.95. The van der Waals surface area contributed by atoms with E-state index in [-0.39, 0.29) is 5.69 Å². The van der Waals surface area contributed by atoms with Crippen LogP contribution in [0.25, 0.3) is 10.9 Å². The SMILES string of the molecule is O=[N+]([O-])c1cccc2ccc(Oc3ccccc3)nc12. The van der Waals surface area contributed by atoms with Gasteiger partial charge < -0.3 is 4.74 Å². The molecule has 1 aromatic heterocycles. The van der Waals surface area contributed by atoms with Crippen LogP contribution in [0.5, 0.6) is 11.6 Å². The normalized spacial score (nSPS) is 10.4. The zero-order valence-electron chi connectivity index (χ0n) is 10.4. The summed E-state index contributed by atoms with van der Waals surface area (Å²) in [4.78, 5) is 14.8.